The Morgan fingerprint density at radius 2 is 2.05 bits per heavy atom. The summed E-state index contributed by atoms with van der Waals surface area (Å²) < 4.78 is 5.11. The summed E-state index contributed by atoms with van der Waals surface area (Å²) in [5.74, 6) is -0.894. The summed E-state index contributed by atoms with van der Waals surface area (Å²) in [6.45, 7) is 0.778. The second-order valence-corrected chi connectivity index (χ2v) is 4.77. The van der Waals surface area contributed by atoms with E-state index in [4.69, 9.17) is 9.84 Å². The van der Waals surface area contributed by atoms with Crippen molar-refractivity contribution in [2.45, 2.75) is 31.5 Å². The van der Waals surface area contributed by atoms with Crippen LogP contribution in [0, 0.1) is 0 Å². The number of hydrogen-bond donors (Lipinski definition) is 3. The van der Waals surface area contributed by atoms with Gasteiger partial charge in [-0.3, -0.25) is 4.79 Å². The lowest BCUT2D eigenvalue weighted by molar-refractivity contribution is -0.140. The molecular formula is C14H19ClN2O4. The van der Waals surface area contributed by atoms with Crippen molar-refractivity contribution in [2.24, 2.45) is 0 Å². The molecule has 2 rings (SSSR count). The van der Waals surface area contributed by atoms with E-state index in [1.807, 2.05) is 30.3 Å². The van der Waals surface area contributed by atoms with E-state index in [0.717, 1.165) is 5.56 Å². The van der Waals surface area contributed by atoms with Gasteiger partial charge in [0.15, 0.2) is 0 Å². The molecule has 0 bridgehead atoms. The summed E-state index contributed by atoms with van der Waals surface area (Å²) >= 11 is 0. The zero-order chi connectivity index (χ0) is 14.4. The van der Waals surface area contributed by atoms with Crippen LogP contribution in [0.4, 0.5) is 4.79 Å². The zero-order valence-corrected chi connectivity index (χ0v) is 12.3. The van der Waals surface area contributed by atoms with Gasteiger partial charge in [-0.2, -0.15) is 0 Å². The van der Waals surface area contributed by atoms with Crippen molar-refractivity contribution >= 4 is 24.5 Å². The summed E-state index contributed by atoms with van der Waals surface area (Å²) in [4.78, 5) is 22.5. The normalized spacial score (nSPS) is 21.0. The zero-order valence-electron chi connectivity index (χ0n) is 11.5. The molecule has 3 N–H and O–H groups in total. The number of carboxylic acid groups (broad SMARTS) is 1. The number of carbonyl (C=O) groups excluding carboxylic acids is 1. The minimum absolute atomic E-state index is 0. The monoisotopic (exact) mass is 314 g/mol. The van der Waals surface area contributed by atoms with Crippen molar-refractivity contribution in [3.05, 3.63) is 35.9 Å². The van der Waals surface area contributed by atoms with E-state index in [2.05, 4.69) is 10.6 Å². The van der Waals surface area contributed by atoms with Crippen LogP contribution in [0.25, 0.3) is 0 Å². The van der Waals surface area contributed by atoms with Crippen molar-refractivity contribution in [1.82, 2.24) is 10.6 Å². The summed E-state index contributed by atoms with van der Waals surface area (Å²) in [6.07, 6.45) is 0.560. The maximum atomic E-state index is 11.7. The molecule has 0 spiro atoms. The number of carbonyl (C=O) groups is 2. The molecule has 1 aromatic rings. The Kier molecular flexibility index (Phi) is 6.98. The molecule has 1 aliphatic heterocycles. The lowest BCUT2D eigenvalue weighted by Crippen LogP contribution is -2.50. The third-order valence-corrected chi connectivity index (χ3v) is 3.24. The molecule has 1 heterocycles. The van der Waals surface area contributed by atoms with Crippen LogP contribution in [0.3, 0.4) is 0 Å². The Labute approximate surface area is 129 Å². The molecule has 0 radical (unpaired) electrons. The third-order valence-electron chi connectivity index (χ3n) is 3.24. The number of nitrogens with one attached hydrogen (secondary N) is 2. The predicted octanol–water partition coefficient (Wildman–Crippen LogP) is 1.54. The van der Waals surface area contributed by atoms with Crippen LogP contribution in [0.2, 0.25) is 0 Å². The van der Waals surface area contributed by atoms with E-state index in [9.17, 15) is 9.59 Å². The fraction of sp³-hybridized carbons (Fsp3) is 0.429. The van der Waals surface area contributed by atoms with Crippen LogP contribution in [0.5, 0.6) is 0 Å². The standard InChI is InChI=1S/C14H18N2O4.ClH/c17-13(18)12-8-11(6-7-15-12)16-14(19)20-9-10-4-2-1-3-5-10;/h1-5,11-12,15H,6-9H2,(H,16,19)(H,17,18);1H/t11-,12-;/m0./s1. The van der Waals surface area contributed by atoms with E-state index in [1.165, 1.54) is 0 Å². The molecule has 0 aliphatic carbocycles. The van der Waals surface area contributed by atoms with Gasteiger partial charge in [0.1, 0.15) is 12.6 Å². The quantitative estimate of drug-likeness (QED) is 0.784. The molecule has 1 aliphatic rings. The minimum atomic E-state index is -0.894. The first-order valence-corrected chi connectivity index (χ1v) is 6.58. The lowest BCUT2D eigenvalue weighted by atomic mass is 10.00. The van der Waals surface area contributed by atoms with Gasteiger partial charge in [-0.1, -0.05) is 30.3 Å². The van der Waals surface area contributed by atoms with Gasteiger partial charge in [0.25, 0.3) is 0 Å². The molecule has 21 heavy (non-hydrogen) atoms. The molecule has 1 saturated heterocycles. The SMILES string of the molecule is Cl.O=C(N[C@H]1CCN[C@H](C(=O)O)C1)OCc1ccccc1. The second kappa shape index (κ2) is 8.49. The summed E-state index contributed by atoms with van der Waals surface area (Å²) in [5.41, 5.74) is 0.913. The fourth-order valence-corrected chi connectivity index (χ4v) is 2.17. The molecule has 2 atom stereocenters. The first-order valence-electron chi connectivity index (χ1n) is 6.58. The lowest BCUT2D eigenvalue weighted by Gasteiger charge is -2.28. The number of rotatable bonds is 4. The van der Waals surface area contributed by atoms with E-state index in [1.54, 1.807) is 0 Å². The average molecular weight is 315 g/mol. The van der Waals surface area contributed by atoms with Crippen LogP contribution in [-0.4, -0.2) is 35.8 Å². The smallest absolute Gasteiger partial charge is 0.407 e. The van der Waals surface area contributed by atoms with Crippen molar-refractivity contribution in [3.8, 4) is 0 Å². The maximum absolute atomic E-state index is 11.7. The van der Waals surface area contributed by atoms with Crippen LogP contribution >= 0.6 is 12.4 Å². The molecule has 116 valence electrons. The number of aliphatic carboxylic acids is 1. The molecule has 0 aromatic heterocycles. The number of amides is 1. The number of carboxylic acids is 1. The number of piperidine rings is 1. The van der Waals surface area contributed by atoms with Gasteiger partial charge in [0.2, 0.25) is 0 Å². The molecule has 1 amide bonds. The topological polar surface area (TPSA) is 87.7 Å². The van der Waals surface area contributed by atoms with Gasteiger partial charge in [-0.05, 0) is 24.9 Å². The fourth-order valence-electron chi connectivity index (χ4n) is 2.17. The maximum Gasteiger partial charge on any atom is 0.407 e. The Morgan fingerprint density at radius 1 is 1.33 bits per heavy atom. The highest BCUT2D eigenvalue weighted by atomic mass is 35.5. The molecular weight excluding hydrogens is 296 g/mol. The predicted molar refractivity (Wildman–Crippen MR) is 79.5 cm³/mol. The van der Waals surface area contributed by atoms with Crippen LogP contribution in [0.1, 0.15) is 18.4 Å². The summed E-state index contributed by atoms with van der Waals surface area (Å²) in [5, 5.41) is 14.5. The van der Waals surface area contributed by atoms with Crippen LogP contribution < -0.4 is 10.6 Å². The number of hydrogen-bond acceptors (Lipinski definition) is 4. The van der Waals surface area contributed by atoms with Gasteiger partial charge < -0.3 is 20.5 Å². The highest BCUT2D eigenvalue weighted by Crippen LogP contribution is 2.09. The van der Waals surface area contributed by atoms with Crippen molar-refractivity contribution in [1.29, 1.82) is 0 Å². The minimum Gasteiger partial charge on any atom is -0.480 e. The molecule has 7 heteroatoms. The largest absolute Gasteiger partial charge is 0.480 e. The molecule has 1 fully saturated rings. The average Bonchev–Trinajstić information content (AvgIpc) is 2.46. The number of ether oxygens (including phenoxy) is 1. The Balaban J connectivity index is 0.00000220. The highest BCUT2D eigenvalue weighted by molar-refractivity contribution is 5.85. The van der Waals surface area contributed by atoms with Crippen molar-refractivity contribution in [2.75, 3.05) is 6.54 Å². The Morgan fingerprint density at radius 3 is 2.71 bits per heavy atom. The molecule has 0 unspecified atom stereocenters. The Hall–Kier alpha value is -1.79. The van der Waals surface area contributed by atoms with Crippen molar-refractivity contribution < 1.29 is 19.4 Å². The van der Waals surface area contributed by atoms with Gasteiger partial charge in [0.05, 0.1) is 0 Å². The van der Waals surface area contributed by atoms with Gasteiger partial charge in [-0.15, -0.1) is 12.4 Å². The third kappa shape index (κ3) is 5.61. The Bertz CT molecular complexity index is 469. The highest BCUT2D eigenvalue weighted by Gasteiger charge is 2.27. The first-order chi connectivity index (χ1) is 9.65. The van der Waals surface area contributed by atoms with Gasteiger partial charge in [0, 0.05) is 6.04 Å². The van der Waals surface area contributed by atoms with Crippen LogP contribution in [0.15, 0.2) is 30.3 Å². The number of alkyl carbamates (subject to hydrolysis) is 1. The van der Waals surface area contributed by atoms with E-state index in [0.29, 0.717) is 19.4 Å². The summed E-state index contributed by atoms with van der Waals surface area (Å²) in [6, 6.07) is 8.62. The van der Waals surface area contributed by atoms with Crippen LogP contribution in [-0.2, 0) is 16.1 Å². The summed E-state index contributed by atoms with van der Waals surface area (Å²) in [7, 11) is 0. The number of halogens is 1. The second-order valence-electron chi connectivity index (χ2n) is 4.77. The first kappa shape index (κ1) is 17.3. The van der Waals surface area contributed by atoms with Gasteiger partial charge in [-0.25, -0.2) is 4.79 Å². The van der Waals surface area contributed by atoms with E-state index >= 15 is 0 Å². The number of benzene rings is 1. The molecule has 6 nitrogen and oxygen atoms in total. The van der Waals surface area contributed by atoms with Gasteiger partial charge >= 0.3 is 12.1 Å². The van der Waals surface area contributed by atoms with E-state index in [-0.39, 0.29) is 25.1 Å². The molecule has 1 aromatic carbocycles. The van der Waals surface area contributed by atoms with E-state index < -0.39 is 18.1 Å². The molecule has 0 saturated carbocycles. The van der Waals surface area contributed by atoms with Crippen molar-refractivity contribution in [3.63, 3.8) is 0 Å².